The summed E-state index contributed by atoms with van der Waals surface area (Å²) in [6, 6.07) is 14.8. The molecule has 0 fully saturated rings. The molecule has 0 saturated heterocycles. The van der Waals surface area contributed by atoms with E-state index in [9.17, 15) is 9.90 Å². The summed E-state index contributed by atoms with van der Waals surface area (Å²) < 4.78 is 10.4. The smallest absolute Gasteiger partial charge is 0.305 e. The summed E-state index contributed by atoms with van der Waals surface area (Å²) in [6.07, 6.45) is 2.26. The van der Waals surface area contributed by atoms with Crippen LogP contribution in [0.25, 0.3) is 0 Å². The van der Waals surface area contributed by atoms with Gasteiger partial charge >= 0.3 is 5.97 Å². The van der Waals surface area contributed by atoms with Crippen LogP contribution in [0.5, 0.6) is 11.5 Å². The molecule has 0 aliphatic carbocycles. The van der Waals surface area contributed by atoms with Gasteiger partial charge in [-0.25, -0.2) is 0 Å². The van der Waals surface area contributed by atoms with Gasteiger partial charge in [-0.05, 0) is 31.0 Å². The first kappa shape index (κ1) is 22.3. The van der Waals surface area contributed by atoms with Crippen LogP contribution in [0.1, 0.15) is 30.9 Å². The summed E-state index contributed by atoms with van der Waals surface area (Å²) in [5.74, 6) is 0.985. The molecule has 0 atom stereocenters. The molecule has 7 nitrogen and oxygen atoms in total. The monoisotopic (exact) mass is 415 g/mol. The fourth-order valence-corrected chi connectivity index (χ4v) is 2.88. The van der Waals surface area contributed by atoms with Crippen LogP contribution in [-0.4, -0.2) is 35.7 Å². The third-order valence-corrected chi connectivity index (χ3v) is 4.54. The Hall–Kier alpha value is -3.00. The largest absolute Gasteiger partial charge is 0.507 e. The molecule has 0 aliphatic heterocycles. The molecule has 0 amide bonds. The van der Waals surface area contributed by atoms with Gasteiger partial charge in [0.1, 0.15) is 11.5 Å². The highest BCUT2D eigenvalue weighted by Gasteiger charge is 2.04. The Morgan fingerprint density at radius 2 is 2.03 bits per heavy atom. The van der Waals surface area contributed by atoms with Gasteiger partial charge in [-0.15, -0.1) is 5.10 Å². The number of carbonyl (C=O) groups excluding carboxylic acids is 1. The number of hydrogen-bond donors (Lipinski definition) is 2. The van der Waals surface area contributed by atoms with Crippen molar-refractivity contribution in [2.24, 2.45) is 15.9 Å². The quantitative estimate of drug-likeness (QED) is 0.201. The Kier molecular flexibility index (Phi) is 9.57. The van der Waals surface area contributed by atoms with E-state index < -0.39 is 0 Å². The van der Waals surface area contributed by atoms with Crippen LogP contribution >= 0.6 is 11.8 Å². The van der Waals surface area contributed by atoms with Gasteiger partial charge in [-0.3, -0.25) is 4.79 Å². The van der Waals surface area contributed by atoms with E-state index in [2.05, 4.69) is 10.2 Å². The summed E-state index contributed by atoms with van der Waals surface area (Å²) in [7, 11) is 0. The number of benzene rings is 2. The molecule has 0 bridgehead atoms. The second kappa shape index (κ2) is 12.5. The first-order valence-electron chi connectivity index (χ1n) is 9.23. The zero-order valence-electron chi connectivity index (χ0n) is 16.3. The van der Waals surface area contributed by atoms with E-state index in [0.717, 1.165) is 5.56 Å². The maximum Gasteiger partial charge on any atom is 0.305 e. The van der Waals surface area contributed by atoms with E-state index in [1.165, 1.54) is 24.0 Å². The fraction of sp³-hybridized carbons (Fsp3) is 0.286. The Labute approximate surface area is 174 Å². The number of aromatic hydroxyl groups is 1. The first-order valence-corrected chi connectivity index (χ1v) is 10.2. The Morgan fingerprint density at radius 1 is 1.24 bits per heavy atom. The lowest BCUT2D eigenvalue weighted by atomic mass is 10.2. The Bertz CT molecular complexity index is 841. The molecule has 0 saturated carbocycles. The number of nitrogens with two attached hydrogens (primary N) is 1. The maximum atomic E-state index is 11.3. The lowest BCUT2D eigenvalue weighted by Gasteiger charge is -2.07. The number of phenolic OH excluding ortho intramolecular Hbond substituents is 1. The molecule has 0 unspecified atom stereocenters. The number of ether oxygens (including phenoxy) is 2. The predicted octanol–water partition coefficient (Wildman–Crippen LogP) is 3.70. The molecule has 0 spiro atoms. The highest BCUT2D eigenvalue weighted by molar-refractivity contribution is 8.13. The molecule has 0 radical (unpaired) electrons. The van der Waals surface area contributed by atoms with Crippen molar-refractivity contribution < 1.29 is 19.4 Å². The van der Waals surface area contributed by atoms with Crippen molar-refractivity contribution in [1.29, 1.82) is 0 Å². The van der Waals surface area contributed by atoms with Gasteiger partial charge in [-0.1, -0.05) is 42.1 Å². The van der Waals surface area contributed by atoms with Crippen molar-refractivity contribution in [2.45, 2.75) is 25.5 Å². The van der Waals surface area contributed by atoms with Gasteiger partial charge in [0.2, 0.25) is 0 Å². The van der Waals surface area contributed by atoms with E-state index in [-0.39, 0.29) is 11.7 Å². The van der Waals surface area contributed by atoms with E-state index >= 15 is 0 Å². The summed E-state index contributed by atoms with van der Waals surface area (Å²) in [5, 5.41) is 18.3. The third kappa shape index (κ3) is 8.69. The highest BCUT2D eigenvalue weighted by Crippen LogP contribution is 2.22. The number of hydrogen-bond acceptors (Lipinski definition) is 7. The fourth-order valence-electron chi connectivity index (χ4n) is 2.27. The van der Waals surface area contributed by atoms with Crippen molar-refractivity contribution in [3.63, 3.8) is 0 Å². The van der Waals surface area contributed by atoms with Crippen LogP contribution in [0.4, 0.5) is 0 Å². The van der Waals surface area contributed by atoms with Crippen LogP contribution in [0.3, 0.4) is 0 Å². The first-order chi connectivity index (χ1) is 14.1. The molecular weight excluding hydrogens is 390 g/mol. The summed E-state index contributed by atoms with van der Waals surface area (Å²) in [4.78, 5) is 11.3. The second-order valence-corrected chi connectivity index (χ2v) is 6.93. The standard InChI is InChI=1S/C21H25N3O4S/c1-2-27-20(26)9-6-12-28-18-11-10-17(19(25)13-18)14-23-24-21(22)29-15-16-7-4-3-5-8-16/h3-5,7-8,10-11,13-14,25H,2,6,9,12,15H2,1H3,(H2,22,24). The highest BCUT2D eigenvalue weighted by atomic mass is 32.2. The summed E-state index contributed by atoms with van der Waals surface area (Å²) >= 11 is 1.39. The van der Waals surface area contributed by atoms with Crippen LogP contribution in [0.15, 0.2) is 58.7 Å². The molecule has 2 rings (SSSR count). The van der Waals surface area contributed by atoms with Crippen LogP contribution in [0, 0.1) is 0 Å². The maximum absolute atomic E-state index is 11.3. The van der Waals surface area contributed by atoms with Gasteiger partial charge in [0.15, 0.2) is 5.17 Å². The number of rotatable bonds is 10. The third-order valence-electron chi connectivity index (χ3n) is 3.68. The molecule has 3 N–H and O–H groups in total. The van der Waals surface area contributed by atoms with Crippen molar-refractivity contribution in [3.8, 4) is 11.5 Å². The SMILES string of the molecule is CCOC(=O)CCCOc1ccc(C=NN=C(N)SCc2ccccc2)c(O)c1. The number of thioether (sulfide) groups is 1. The van der Waals surface area contributed by atoms with E-state index in [4.69, 9.17) is 15.2 Å². The topological polar surface area (TPSA) is 106 Å². The summed E-state index contributed by atoms with van der Waals surface area (Å²) in [6.45, 7) is 2.49. The molecule has 2 aromatic carbocycles. The van der Waals surface area contributed by atoms with Crippen LogP contribution in [0.2, 0.25) is 0 Å². The Balaban J connectivity index is 1.79. The zero-order chi connectivity index (χ0) is 20.9. The van der Waals surface area contributed by atoms with Gasteiger partial charge in [0.25, 0.3) is 0 Å². The van der Waals surface area contributed by atoms with Crippen molar-refractivity contribution in [2.75, 3.05) is 13.2 Å². The lowest BCUT2D eigenvalue weighted by Crippen LogP contribution is -2.06. The Morgan fingerprint density at radius 3 is 2.76 bits per heavy atom. The molecule has 8 heteroatoms. The number of esters is 1. The van der Waals surface area contributed by atoms with Crippen LogP contribution in [-0.2, 0) is 15.3 Å². The zero-order valence-corrected chi connectivity index (χ0v) is 17.1. The average molecular weight is 416 g/mol. The molecule has 0 aliphatic rings. The molecule has 29 heavy (non-hydrogen) atoms. The number of nitrogens with zero attached hydrogens (tertiary/aromatic N) is 2. The molecular formula is C21H25N3O4S. The van der Waals surface area contributed by atoms with Gasteiger partial charge in [0, 0.05) is 23.8 Å². The lowest BCUT2D eigenvalue weighted by molar-refractivity contribution is -0.143. The minimum absolute atomic E-state index is 0.0161. The van der Waals surface area contributed by atoms with E-state index in [1.54, 1.807) is 19.1 Å². The number of phenols is 1. The molecule has 0 aromatic heterocycles. The normalized spacial score (nSPS) is 11.6. The van der Waals surface area contributed by atoms with Gasteiger partial charge in [0.05, 0.1) is 19.4 Å². The minimum atomic E-state index is -0.243. The second-order valence-electron chi connectivity index (χ2n) is 5.93. The van der Waals surface area contributed by atoms with Crippen molar-refractivity contribution in [3.05, 3.63) is 59.7 Å². The van der Waals surface area contributed by atoms with E-state index in [1.807, 2.05) is 30.3 Å². The number of amidine groups is 1. The van der Waals surface area contributed by atoms with Crippen LogP contribution < -0.4 is 10.5 Å². The number of carbonyl (C=O) groups is 1. The molecule has 154 valence electrons. The summed E-state index contributed by atoms with van der Waals surface area (Å²) in [5.41, 5.74) is 7.48. The van der Waals surface area contributed by atoms with Gasteiger partial charge < -0.3 is 20.3 Å². The molecule has 2 aromatic rings. The van der Waals surface area contributed by atoms with Crippen molar-refractivity contribution in [1.82, 2.24) is 0 Å². The van der Waals surface area contributed by atoms with Crippen molar-refractivity contribution >= 4 is 29.1 Å². The average Bonchev–Trinajstić information content (AvgIpc) is 2.72. The molecule has 0 heterocycles. The predicted molar refractivity (Wildman–Crippen MR) is 116 cm³/mol. The van der Waals surface area contributed by atoms with Gasteiger partial charge in [-0.2, -0.15) is 5.10 Å². The van der Waals surface area contributed by atoms with E-state index in [0.29, 0.717) is 48.3 Å². The minimum Gasteiger partial charge on any atom is -0.507 e.